The van der Waals surface area contributed by atoms with E-state index < -0.39 is 5.92 Å². The van der Waals surface area contributed by atoms with Crippen LogP contribution in [0.1, 0.15) is 38.3 Å². The molecule has 2 aromatic carbocycles. The van der Waals surface area contributed by atoms with Crippen LogP contribution in [0.3, 0.4) is 0 Å². The van der Waals surface area contributed by atoms with Crippen LogP contribution in [-0.4, -0.2) is 30.4 Å². The van der Waals surface area contributed by atoms with Crippen LogP contribution in [0.5, 0.6) is 5.75 Å². The van der Waals surface area contributed by atoms with Crippen molar-refractivity contribution in [2.75, 3.05) is 19.0 Å². The largest absolute Gasteiger partial charge is 0.495 e. The van der Waals surface area contributed by atoms with Crippen molar-refractivity contribution in [1.82, 2.24) is 4.90 Å². The van der Waals surface area contributed by atoms with E-state index in [1.807, 2.05) is 36.4 Å². The summed E-state index contributed by atoms with van der Waals surface area (Å²) in [5.74, 6) is -0.0265. The van der Waals surface area contributed by atoms with E-state index in [-0.39, 0.29) is 23.7 Å². The highest BCUT2D eigenvalue weighted by molar-refractivity contribution is 6.31. The van der Waals surface area contributed by atoms with E-state index in [1.165, 1.54) is 0 Å². The first kappa shape index (κ1) is 21.2. The lowest BCUT2D eigenvalue weighted by atomic mass is 9.86. The summed E-state index contributed by atoms with van der Waals surface area (Å²) in [5, 5.41) is 3.59. The Hall–Kier alpha value is -2.53. The minimum absolute atomic E-state index is 0.0412. The average molecular weight is 415 g/mol. The lowest BCUT2D eigenvalue weighted by Gasteiger charge is -2.22. The normalized spacial score (nSPS) is 16.8. The molecule has 29 heavy (non-hydrogen) atoms. The topological polar surface area (TPSA) is 58.6 Å². The summed E-state index contributed by atoms with van der Waals surface area (Å²) >= 11 is 6.21. The molecule has 0 spiro atoms. The van der Waals surface area contributed by atoms with Crippen molar-refractivity contribution >= 4 is 29.1 Å². The molecule has 5 nitrogen and oxygen atoms in total. The molecule has 1 aliphatic rings. The van der Waals surface area contributed by atoms with Crippen LogP contribution in [0.25, 0.3) is 0 Å². The van der Waals surface area contributed by atoms with E-state index in [1.54, 1.807) is 18.1 Å². The predicted octanol–water partition coefficient (Wildman–Crippen LogP) is 4.63. The molecule has 0 bridgehead atoms. The molecular weight excluding hydrogens is 388 g/mol. The Bertz CT molecular complexity index is 921. The van der Waals surface area contributed by atoms with Crippen LogP contribution < -0.4 is 10.1 Å². The molecule has 0 aromatic heterocycles. The highest BCUT2D eigenvalue weighted by Crippen LogP contribution is 2.32. The van der Waals surface area contributed by atoms with Gasteiger partial charge in [0.05, 0.1) is 18.7 Å². The predicted molar refractivity (Wildman–Crippen MR) is 115 cm³/mol. The second-order valence-electron chi connectivity index (χ2n) is 8.42. The van der Waals surface area contributed by atoms with Crippen molar-refractivity contribution in [1.29, 1.82) is 0 Å². The fourth-order valence-corrected chi connectivity index (χ4v) is 3.64. The molecule has 2 amide bonds. The highest BCUT2D eigenvalue weighted by Gasteiger charge is 2.35. The monoisotopic (exact) mass is 414 g/mol. The molecule has 3 rings (SSSR count). The maximum Gasteiger partial charge on any atom is 0.229 e. The molecule has 0 unspecified atom stereocenters. The molecule has 1 aliphatic heterocycles. The molecule has 1 heterocycles. The van der Waals surface area contributed by atoms with Crippen molar-refractivity contribution in [3.8, 4) is 5.75 Å². The summed E-state index contributed by atoms with van der Waals surface area (Å²) in [5.41, 5.74) is 2.54. The molecule has 2 aromatic rings. The molecule has 1 fully saturated rings. The maximum absolute atomic E-state index is 12.9. The van der Waals surface area contributed by atoms with Crippen molar-refractivity contribution in [3.63, 3.8) is 0 Å². The summed E-state index contributed by atoms with van der Waals surface area (Å²) in [7, 11) is 1.58. The van der Waals surface area contributed by atoms with Gasteiger partial charge in [0.25, 0.3) is 0 Å². The number of carbonyl (C=O) groups excluding carboxylic acids is 2. The molecule has 1 saturated heterocycles. The third-order valence-electron chi connectivity index (χ3n) is 5.23. The lowest BCUT2D eigenvalue weighted by molar-refractivity contribution is -0.128. The van der Waals surface area contributed by atoms with Gasteiger partial charge in [-0.2, -0.15) is 0 Å². The molecule has 0 saturated carbocycles. The van der Waals surface area contributed by atoms with Gasteiger partial charge >= 0.3 is 0 Å². The van der Waals surface area contributed by atoms with Crippen LogP contribution in [-0.2, 0) is 21.5 Å². The minimum atomic E-state index is -0.409. The number of amides is 2. The number of hydrogen-bond donors (Lipinski definition) is 1. The van der Waals surface area contributed by atoms with Crippen LogP contribution in [0.4, 0.5) is 5.69 Å². The Morgan fingerprint density at radius 3 is 2.62 bits per heavy atom. The van der Waals surface area contributed by atoms with Crippen molar-refractivity contribution in [2.24, 2.45) is 5.92 Å². The smallest absolute Gasteiger partial charge is 0.229 e. The lowest BCUT2D eigenvalue weighted by Crippen LogP contribution is -2.28. The number of methoxy groups -OCH3 is 1. The van der Waals surface area contributed by atoms with E-state index in [0.717, 1.165) is 11.1 Å². The number of rotatable bonds is 5. The first-order valence-corrected chi connectivity index (χ1v) is 10.1. The fraction of sp³-hybridized carbons (Fsp3) is 0.391. The maximum atomic E-state index is 12.9. The number of likely N-dealkylation sites (tertiary alicyclic amines) is 1. The SMILES string of the molecule is COc1ccc(C(C)(C)C)cc1NC(=O)[C@@H]1CC(=O)N(Cc2ccccc2Cl)C1. The number of nitrogens with zero attached hydrogens (tertiary/aromatic N) is 1. The number of ether oxygens (including phenoxy) is 1. The summed E-state index contributed by atoms with van der Waals surface area (Å²) in [4.78, 5) is 27.0. The van der Waals surface area contributed by atoms with E-state index in [4.69, 9.17) is 16.3 Å². The van der Waals surface area contributed by atoms with Gasteiger partial charge in [-0.05, 0) is 34.7 Å². The van der Waals surface area contributed by atoms with Gasteiger partial charge in [-0.1, -0.05) is 56.6 Å². The molecule has 154 valence electrons. The van der Waals surface area contributed by atoms with Crippen molar-refractivity contribution in [3.05, 3.63) is 58.6 Å². The zero-order chi connectivity index (χ0) is 21.2. The third-order valence-corrected chi connectivity index (χ3v) is 5.60. The standard InChI is InChI=1S/C23H27ClN2O3/c1-23(2,3)17-9-10-20(29-4)19(12-17)25-22(28)16-11-21(27)26(14-16)13-15-7-5-6-8-18(15)24/h5-10,12,16H,11,13-14H2,1-4H3,(H,25,28)/t16-/m1/s1. The average Bonchev–Trinajstić information content (AvgIpc) is 3.03. The van der Waals surface area contributed by atoms with Gasteiger partial charge in [-0.3, -0.25) is 9.59 Å². The number of halogens is 1. The number of hydrogen-bond acceptors (Lipinski definition) is 3. The minimum Gasteiger partial charge on any atom is -0.495 e. The van der Waals surface area contributed by atoms with Gasteiger partial charge in [0.1, 0.15) is 5.75 Å². The van der Waals surface area contributed by atoms with E-state index >= 15 is 0 Å². The van der Waals surface area contributed by atoms with Crippen LogP contribution in [0, 0.1) is 5.92 Å². The van der Waals surface area contributed by atoms with Crippen molar-refractivity contribution in [2.45, 2.75) is 39.2 Å². The number of carbonyl (C=O) groups is 2. The van der Waals surface area contributed by atoms with Gasteiger partial charge < -0.3 is 15.0 Å². The summed E-state index contributed by atoms with van der Waals surface area (Å²) in [6.45, 7) is 7.12. The number of benzene rings is 2. The third kappa shape index (κ3) is 4.91. The first-order chi connectivity index (χ1) is 13.7. The zero-order valence-electron chi connectivity index (χ0n) is 17.3. The van der Waals surface area contributed by atoms with E-state index in [0.29, 0.717) is 29.5 Å². The van der Waals surface area contributed by atoms with Crippen LogP contribution >= 0.6 is 11.6 Å². The highest BCUT2D eigenvalue weighted by atomic mass is 35.5. The van der Waals surface area contributed by atoms with Gasteiger partial charge in [0.2, 0.25) is 11.8 Å². The Labute approximate surface area is 177 Å². The molecule has 0 radical (unpaired) electrons. The summed E-state index contributed by atoms with van der Waals surface area (Å²) in [6.07, 6.45) is 0.192. The Balaban J connectivity index is 1.72. The zero-order valence-corrected chi connectivity index (χ0v) is 18.0. The Kier molecular flexibility index (Phi) is 6.18. The Morgan fingerprint density at radius 2 is 1.97 bits per heavy atom. The van der Waals surface area contributed by atoms with Crippen LogP contribution in [0.2, 0.25) is 5.02 Å². The van der Waals surface area contributed by atoms with E-state index in [2.05, 4.69) is 26.1 Å². The molecule has 6 heteroatoms. The number of anilines is 1. The van der Waals surface area contributed by atoms with Gasteiger partial charge in [-0.15, -0.1) is 0 Å². The second-order valence-corrected chi connectivity index (χ2v) is 8.83. The van der Waals surface area contributed by atoms with Gasteiger partial charge in [0, 0.05) is 24.5 Å². The summed E-state index contributed by atoms with van der Waals surface area (Å²) in [6, 6.07) is 13.2. The quantitative estimate of drug-likeness (QED) is 0.775. The van der Waals surface area contributed by atoms with E-state index in [9.17, 15) is 9.59 Å². The Morgan fingerprint density at radius 1 is 1.24 bits per heavy atom. The molecular formula is C23H27ClN2O3. The summed E-state index contributed by atoms with van der Waals surface area (Å²) < 4.78 is 5.40. The van der Waals surface area contributed by atoms with Gasteiger partial charge in [-0.25, -0.2) is 0 Å². The number of nitrogens with one attached hydrogen (secondary N) is 1. The molecule has 0 aliphatic carbocycles. The fourth-order valence-electron chi connectivity index (χ4n) is 3.44. The van der Waals surface area contributed by atoms with Crippen molar-refractivity contribution < 1.29 is 14.3 Å². The van der Waals surface area contributed by atoms with Crippen LogP contribution in [0.15, 0.2) is 42.5 Å². The molecule has 1 atom stereocenters. The van der Waals surface area contributed by atoms with Gasteiger partial charge in [0.15, 0.2) is 0 Å². The first-order valence-electron chi connectivity index (χ1n) is 9.69. The molecule has 1 N–H and O–H groups in total. The second kappa shape index (κ2) is 8.46.